The van der Waals surface area contributed by atoms with Crippen molar-refractivity contribution in [3.8, 4) is 0 Å². The van der Waals surface area contributed by atoms with Crippen LogP contribution in [0.25, 0.3) is 0 Å². The number of hydrogen-bond donors (Lipinski definition) is 1. The minimum atomic E-state index is -0.351. The molecular formula is C14H15ClFNS. The number of nitrogens with one attached hydrogen (secondary N) is 1. The molecule has 1 unspecified atom stereocenters. The van der Waals surface area contributed by atoms with Crippen molar-refractivity contribution in [3.05, 3.63) is 57.0 Å². The van der Waals surface area contributed by atoms with E-state index < -0.39 is 0 Å². The quantitative estimate of drug-likeness (QED) is 0.856. The normalized spacial score (nSPS) is 12.6. The van der Waals surface area contributed by atoms with E-state index in [2.05, 4.69) is 18.3 Å². The molecule has 1 nitrogen and oxygen atoms in total. The van der Waals surface area contributed by atoms with Gasteiger partial charge in [-0.15, -0.1) is 11.3 Å². The van der Waals surface area contributed by atoms with Crippen LogP contribution in [0.5, 0.6) is 0 Å². The molecular weight excluding hydrogens is 269 g/mol. The topological polar surface area (TPSA) is 12.0 Å². The maximum atomic E-state index is 13.4. The molecule has 0 radical (unpaired) electrons. The van der Waals surface area contributed by atoms with Crippen LogP contribution in [0.4, 0.5) is 4.39 Å². The van der Waals surface area contributed by atoms with Crippen LogP contribution in [0.1, 0.15) is 23.4 Å². The number of thiophene rings is 1. The summed E-state index contributed by atoms with van der Waals surface area (Å²) in [6, 6.07) is 9.27. The van der Waals surface area contributed by atoms with Crippen LogP contribution in [-0.2, 0) is 6.42 Å². The van der Waals surface area contributed by atoms with Gasteiger partial charge in [0.2, 0.25) is 0 Å². The molecule has 0 saturated carbocycles. The summed E-state index contributed by atoms with van der Waals surface area (Å²) in [5.41, 5.74) is 0.844. The molecule has 0 fully saturated rings. The van der Waals surface area contributed by atoms with Crippen molar-refractivity contribution in [1.82, 2.24) is 5.32 Å². The average molecular weight is 284 g/mol. The lowest BCUT2D eigenvalue weighted by Crippen LogP contribution is -2.22. The van der Waals surface area contributed by atoms with Crippen molar-refractivity contribution in [1.29, 1.82) is 0 Å². The molecule has 18 heavy (non-hydrogen) atoms. The minimum absolute atomic E-state index is 0.189. The first-order chi connectivity index (χ1) is 8.72. The number of rotatable bonds is 5. The van der Waals surface area contributed by atoms with Gasteiger partial charge in [-0.05, 0) is 36.0 Å². The summed E-state index contributed by atoms with van der Waals surface area (Å²) in [6.45, 7) is 2.93. The van der Waals surface area contributed by atoms with E-state index >= 15 is 0 Å². The highest BCUT2D eigenvalue weighted by Crippen LogP contribution is 2.27. The van der Waals surface area contributed by atoms with Crippen molar-refractivity contribution >= 4 is 22.9 Å². The second-order valence-electron chi connectivity index (χ2n) is 4.04. The minimum Gasteiger partial charge on any atom is -0.309 e. The van der Waals surface area contributed by atoms with Crippen LogP contribution >= 0.6 is 22.9 Å². The third-order valence-corrected chi connectivity index (χ3v) is 4.20. The Kier molecular flexibility index (Phi) is 4.75. The van der Waals surface area contributed by atoms with Crippen molar-refractivity contribution in [2.45, 2.75) is 19.4 Å². The molecule has 1 N–H and O–H groups in total. The summed E-state index contributed by atoms with van der Waals surface area (Å²) in [7, 11) is 0. The zero-order chi connectivity index (χ0) is 13.0. The molecule has 4 heteroatoms. The highest BCUT2D eigenvalue weighted by atomic mass is 35.5. The van der Waals surface area contributed by atoms with Crippen molar-refractivity contribution in [2.24, 2.45) is 0 Å². The van der Waals surface area contributed by atoms with E-state index in [1.807, 2.05) is 17.5 Å². The highest BCUT2D eigenvalue weighted by Gasteiger charge is 2.15. The van der Waals surface area contributed by atoms with E-state index in [1.165, 1.54) is 10.9 Å². The molecule has 96 valence electrons. The van der Waals surface area contributed by atoms with E-state index in [0.717, 1.165) is 12.1 Å². The maximum Gasteiger partial charge on any atom is 0.142 e. The van der Waals surface area contributed by atoms with Crippen molar-refractivity contribution in [3.63, 3.8) is 0 Å². The summed E-state index contributed by atoms with van der Waals surface area (Å²) in [6.07, 6.45) is 0.699. The summed E-state index contributed by atoms with van der Waals surface area (Å²) in [4.78, 5) is 1.25. The average Bonchev–Trinajstić information content (AvgIpc) is 2.88. The Bertz CT molecular complexity index is 499. The molecule has 1 heterocycles. The summed E-state index contributed by atoms with van der Waals surface area (Å²) in [5, 5.41) is 5.69. The third kappa shape index (κ3) is 3.10. The highest BCUT2D eigenvalue weighted by molar-refractivity contribution is 7.10. The molecule has 0 aliphatic rings. The zero-order valence-electron chi connectivity index (χ0n) is 10.1. The first-order valence-electron chi connectivity index (χ1n) is 5.92. The van der Waals surface area contributed by atoms with Crippen LogP contribution < -0.4 is 5.32 Å². The van der Waals surface area contributed by atoms with Gasteiger partial charge in [0.1, 0.15) is 5.82 Å². The van der Waals surface area contributed by atoms with Gasteiger partial charge in [0.25, 0.3) is 0 Å². The predicted octanol–water partition coefficient (Wildman–Crippen LogP) is 4.43. The molecule has 2 aromatic rings. The molecule has 0 amide bonds. The van der Waals surface area contributed by atoms with E-state index in [0.29, 0.717) is 6.42 Å². The second-order valence-corrected chi connectivity index (χ2v) is 5.40. The zero-order valence-corrected chi connectivity index (χ0v) is 11.7. The number of likely N-dealkylation sites (N-methyl/N-ethyl adjacent to an activating group) is 1. The van der Waals surface area contributed by atoms with Gasteiger partial charge in [-0.25, -0.2) is 4.39 Å². The lowest BCUT2D eigenvalue weighted by molar-refractivity contribution is 0.555. The van der Waals surface area contributed by atoms with Crippen molar-refractivity contribution < 1.29 is 4.39 Å². The second kappa shape index (κ2) is 6.32. The summed E-state index contributed by atoms with van der Waals surface area (Å²) in [5.74, 6) is -0.351. The van der Waals surface area contributed by atoms with Gasteiger partial charge in [-0.3, -0.25) is 0 Å². The van der Waals surface area contributed by atoms with Gasteiger partial charge in [-0.2, -0.15) is 0 Å². The molecule has 1 aromatic heterocycles. The Morgan fingerprint density at radius 2 is 2.17 bits per heavy atom. The maximum absolute atomic E-state index is 13.4. The van der Waals surface area contributed by atoms with Crippen LogP contribution in [0.2, 0.25) is 5.02 Å². The Morgan fingerprint density at radius 3 is 2.83 bits per heavy atom. The Hall–Kier alpha value is -0.900. The lowest BCUT2D eigenvalue weighted by atomic mass is 10.0. The molecule has 0 aliphatic heterocycles. The fourth-order valence-corrected chi connectivity index (χ4v) is 2.94. The first-order valence-corrected chi connectivity index (χ1v) is 7.17. The largest absolute Gasteiger partial charge is 0.309 e. The molecule has 1 aromatic carbocycles. The van der Waals surface area contributed by atoms with Crippen LogP contribution in [0.15, 0.2) is 35.7 Å². The number of hydrogen-bond acceptors (Lipinski definition) is 2. The van der Waals surface area contributed by atoms with Gasteiger partial charge in [-0.1, -0.05) is 36.7 Å². The smallest absolute Gasteiger partial charge is 0.142 e. The molecule has 1 atom stereocenters. The Balaban J connectivity index is 2.21. The monoisotopic (exact) mass is 283 g/mol. The molecule has 0 spiro atoms. The Morgan fingerprint density at radius 1 is 1.33 bits per heavy atom. The van der Waals surface area contributed by atoms with Crippen LogP contribution in [-0.4, -0.2) is 6.54 Å². The molecule has 0 aliphatic carbocycles. The predicted molar refractivity (Wildman–Crippen MR) is 75.9 cm³/mol. The van der Waals surface area contributed by atoms with Crippen molar-refractivity contribution in [2.75, 3.05) is 6.54 Å². The summed E-state index contributed by atoms with van der Waals surface area (Å²) >= 11 is 7.70. The van der Waals surface area contributed by atoms with Gasteiger partial charge in [0.15, 0.2) is 0 Å². The summed E-state index contributed by atoms with van der Waals surface area (Å²) < 4.78 is 13.4. The SMILES string of the molecule is CCNC(Cc1cccc(F)c1Cl)c1cccs1. The first kappa shape index (κ1) is 13.5. The van der Waals surface area contributed by atoms with Gasteiger partial charge in [0, 0.05) is 10.9 Å². The van der Waals surface area contributed by atoms with E-state index in [1.54, 1.807) is 17.4 Å². The number of benzene rings is 1. The van der Waals surface area contributed by atoms with Gasteiger partial charge >= 0.3 is 0 Å². The molecule has 0 bridgehead atoms. The van der Waals surface area contributed by atoms with E-state index in [4.69, 9.17) is 11.6 Å². The lowest BCUT2D eigenvalue weighted by Gasteiger charge is -2.17. The third-order valence-electron chi connectivity index (χ3n) is 2.79. The number of halogens is 2. The fourth-order valence-electron chi connectivity index (χ4n) is 1.94. The van der Waals surface area contributed by atoms with Gasteiger partial charge < -0.3 is 5.32 Å². The fraction of sp³-hybridized carbons (Fsp3) is 0.286. The standard InChI is InChI=1S/C14H15ClFNS/c1-2-17-12(13-7-4-8-18-13)9-10-5-3-6-11(16)14(10)15/h3-8,12,17H,2,9H2,1H3. The van der Waals surface area contributed by atoms with Crippen LogP contribution in [0, 0.1) is 5.82 Å². The van der Waals surface area contributed by atoms with E-state index in [-0.39, 0.29) is 16.9 Å². The van der Waals surface area contributed by atoms with Gasteiger partial charge in [0.05, 0.1) is 5.02 Å². The Labute approximate surface area is 116 Å². The molecule has 0 saturated heterocycles. The van der Waals surface area contributed by atoms with Crippen LogP contribution in [0.3, 0.4) is 0 Å². The van der Waals surface area contributed by atoms with E-state index in [9.17, 15) is 4.39 Å². The molecule has 2 rings (SSSR count).